The summed E-state index contributed by atoms with van der Waals surface area (Å²) in [6.45, 7) is 2.41. The van der Waals surface area contributed by atoms with E-state index in [9.17, 15) is 19.5 Å². The number of nitrogens with one attached hydrogen (secondary N) is 1. The van der Waals surface area contributed by atoms with E-state index in [1.165, 1.54) is 11.9 Å². The highest BCUT2D eigenvalue weighted by atomic mass is 16.7. The third kappa shape index (κ3) is 7.05. The van der Waals surface area contributed by atoms with E-state index in [1.54, 1.807) is 37.3 Å². The van der Waals surface area contributed by atoms with Crippen LogP contribution in [0, 0.1) is 0 Å². The van der Waals surface area contributed by atoms with Gasteiger partial charge in [0.15, 0.2) is 11.5 Å². The molecule has 0 spiro atoms. The molecule has 3 amide bonds. The molecular weight excluding hydrogens is 478 g/mol. The Balaban J connectivity index is 1.76. The number of hydrogen-bond donors (Lipinski definition) is 2. The summed E-state index contributed by atoms with van der Waals surface area (Å²) in [6, 6.07) is 10.5. The minimum Gasteiger partial charge on any atom is -0.496 e. The highest BCUT2D eigenvalue weighted by molar-refractivity contribution is 5.87. The van der Waals surface area contributed by atoms with Crippen LogP contribution in [0.3, 0.4) is 0 Å². The van der Waals surface area contributed by atoms with Crippen LogP contribution >= 0.6 is 0 Å². The number of carboxylic acid groups (broad SMARTS) is 1. The number of urea groups is 1. The van der Waals surface area contributed by atoms with E-state index in [0.29, 0.717) is 35.8 Å². The van der Waals surface area contributed by atoms with Gasteiger partial charge < -0.3 is 34.4 Å². The van der Waals surface area contributed by atoms with Crippen molar-refractivity contribution in [1.82, 2.24) is 15.1 Å². The second-order valence-corrected chi connectivity index (χ2v) is 8.99. The number of hydrogen-bond acceptors (Lipinski definition) is 6. The number of ether oxygens (including phenoxy) is 3. The van der Waals surface area contributed by atoms with Gasteiger partial charge in [-0.05, 0) is 30.2 Å². The summed E-state index contributed by atoms with van der Waals surface area (Å²) >= 11 is 0. The summed E-state index contributed by atoms with van der Waals surface area (Å²) in [5.74, 6) is 0.441. The second-order valence-electron chi connectivity index (χ2n) is 8.99. The lowest BCUT2D eigenvalue weighted by Gasteiger charge is -2.31. The molecule has 2 aromatic rings. The van der Waals surface area contributed by atoms with E-state index in [0.717, 1.165) is 18.4 Å². The summed E-state index contributed by atoms with van der Waals surface area (Å²) in [6.07, 6.45) is 1.73. The van der Waals surface area contributed by atoms with Crippen molar-refractivity contribution in [2.75, 3.05) is 28.0 Å². The number of likely N-dealkylation sites (N-methyl/N-ethyl adjacent to an activating group) is 1. The number of unbranched alkanes of at least 4 members (excludes halogenated alkanes) is 1. The molecule has 1 aliphatic rings. The predicted molar refractivity (Wildman–Crippen MR) is 137 cm³/mol. The Bertz CT molecular complexity index is 1110. The molecule has 3 rings (SSSR count). The quantitative estimate of drug-likeness (QED) is 0.443. The van der Waals surface area contributed by atoms with Crippen molar-refractivity contribution in [2.45, 2.75) is 51.2 Å². The number of benzene rings is 2. The van der Waals surface area contributed by atoms with Crippen molar-refractivity contribution in [3.05, 3.63) is 53.6 Å². The highest BCUT2D eigenvalue weighted by Gasteiger charge is 2.30. The molecule has 37 heavy (non-hydrogen) atoms. The Labute approximate surface area is 217 Å². The van der Waals surface area contributed by atoms with Crippen molar-refractivity contribution < 1.29 is 33.7 Å². The minimum absolute atomic E-state index is 0.0856. The molecule has 1 aliphatic heterocycles. The van der Waals surface area contributed by atoms with Crippen LogP contribution < -0.4 is 19.5 Å². The SMILES string of the molecule is CCCC[C@H](NC(=O)N(C)[C@@H](CC(=O)O)c1ccc2c(c1)OCO2)C(=O)N(C)Cc1ccccc1OC. The van der Waals surface area contributed by atoms with Gasteiger partial charge in [0.1, 0.15) is 11.8 Å². The Kier molecular flexibility index (Phi) is 9.59. The van der Waals surface area contributed by atoms with E-state index >= 15 is 0 Å². The van der Waals surface area contributed by atoms with E-state index in [1.807, 2.05) is 31.2 Å². The normalized spacial score (nSPS) is 13.4. The van der Waals surface area contributed by atoms with Gasteiger partial charge in [0.25, 0.3) is 0 Å². The first kappa shape index (κ1) is 27.6. The number of carbonyl (C=O) groups excluding carboxylic acids is 2. The smallest absolute Gasteiger partial charge is 0.318 e. The van der Waals surface area contributed by atoms with Crippen LogP contribution in [0.2, 0.25) is 0 Å². The maximum Gasteiger partial charge on any atom is 0.318 e. The number of aliphatic carboxylic acids is 1. The van der Waals surface area contributed by atoms with Gasteiger partial charge in [-0.3, -0.25) is 9.59 Å². The van der Waals surface area contributed by atoms with Crippen molar-refractivity contribution in [1.29, 1.82) is 0 Å². The van der Waals surface area contributed by atoms with E-state index in [-0.39, 0.29) is 19.1 Å². The Hall–Kier alpha value is -3.95. The predicted octanol–water partition coefficient (Wildman–Crippen LogP) is 3.80. The minimum atomic E-state index is -1.06. The third-order valence-electron chi connectivity index (χ3n) is 6.36. The Morgan fingerprint density at radius 3 is 2.54 bits per heavy atom. The summed E-state index contributed by atoms with van der Waals surface area (Å²) in [5, 5.41) is 12.4. The van der Waals surface area contributed by atoms with Gasteiger partial charge in [-0.15, -0.1) is 0 Å². The van der Waals surface area contributed by atoms with Crippen molar-refractivity contribution in [3.63, 3.8) is 0 Å². The van der Waals surface area contributed by atoms with Gasteiger partial charge >= 0.3 is 12.0 Å². The van der Waals surface area contributed by atoms with Crippen molar-refractivity contribution in [3.8, 4) is 17.2 Å². The number of para-hydroxylation sites is 1. The van der Waals surface area contributed by atoms with Gasteiger partial charge in [0.05, 0.1) is 19.6 Å². The average Bonchev–Trinajstić information content (AvgIpc) is 3.37. The number of carbonyl (C=O) groups is 3. The topological polar surface area (TPSA) is 118 Å². The third-order valence-corrected chi connectivity index (χ3v) is 6.36. The van der Waals surface area contributed by atoms with Crippen LogP contribution in [-0.4, -0.2) is 66.9 Å². The molecule has 10 heteroatoms. The van der Waals surface area contributed by atoms with Gasteiger partial charge in [-0.1, -0.05) is 44.0 Å². The van der Waals surface area contributed by atoms with Crippen molar-refractivity contribution in [2.24, 2.45) is 0 Å². The monoisotopic (exact) mass is 513 g/mol. The zero-order valence-corrected chi connectivity index (χ0v) is 21.7. The van der Waals surface area contributed by atoms with Gasteiger partial charge in [-0.2, -0.15) is 0 Å². The standard InChI is InChI=1S/C27H35N3O7/c1-5-6-10-20(26(33)29(2)16-19-9-7-8-11-22(19)35-4)28-27(34)30(3)21(15-25(31)32)18-12-13-23-24(14-18)37-17-36-23/h7-9,11-14,20-21H,5-6,10,15-17H2,1-4H3,(H,28,34)(H,31,32)/t20-,21-/m0/s1. The average molecular weight is 514 g/mol. The first-order valence-electron chi connectivity index (χ1n) is 12.3. The molecule has 0 fully saturated rings. The van der Waals surface area contributed by atoms with Crippen LogP contribution in [0.15, 0.2) is 42.5 Å². The molecule has 2 N–H and O–H groups in total. The summed E-state index contributed by atoms with van der Waals surface area (Å²) < 4.78 is 16.2. The Morgan fingerprint density at radius 2 is 1.84 bits per heavy atom. The van der Waals surface area contributed by atoms with Gasteiger partial charge in [0.2, 0.25) is 12.7 Å². The number of methoxy groups -OCH3 is 1. The molecule has 0 aromatic heterocycles. The molecule has 0 saturated heterocycles. The van der Waals surface area contributed by atoms with Crippen LogP contribution in [0.1, 0.15) is 49.8 Å². The number of rotatable bonds is 12. The summed E-state index contributed by atoms with van der Waals surface area (Å²) in [4.78, 5) is 41.2. The second kappa shape index (κ2) is 12.8. The lowest BCUT2D eigenvalue weighted by molar-refractivity contribution is -0.138. The number of nitrogens with zero attached hydrogens (tertiary/aromatic N) is 2. The van der Waals surface area contributed by atoms with Crippen LogP contribution in [-0.2, 0) is 16.1 Å². The summed E-state index contributed by atoms with van der Waals surface area (Å²) in [7, 11) is 4.78. The lowest BCUT2D eigenvalue weighted by atomic mass is 10.0. The Morgan fingerprint density at radius 1 is 1.11 bits per heavy atom. The molecule has 0 radical (unpaired) electrons. The molecule has 1 heterocycles. The molecule has 0 saturated carbocycles. The maximum atomic E-state index is 13.4. The van der Waals surface area contributed by atoms with Crippen molar-refractivity contribution >= 4 is 17.9 Å². The molecular formula is C27H35N3O7. The maximum absolute atomic E-state index is 13.4. The van der Waals surface area contributed by atoms with Crippen LogP contribution in [0.4, 0.5) is 4.79 Å². The fourth-order valence-electron chi connectivity index (χ4n) is 4.26. The zero-order valence-electron chi connectivity index (χ0n) is 21.7. The molecule has 0 unspecified atom stereocenters. The first-order valence-corrected chi connectivity index (χ1v) is 12.3. The molecule has 2 atom stereocenters. The van der Waals surface area contributed by atoms with Crippen LogP contribution in [0.25, 0.3) is 0 Å². The van der Waals surface area contributed by atoms with Gasteiger partial charge in [-0.25, -0.2) is 4.79 Å². The van der Waals surface area contributed by atoms with E-state index in [2.05, 4.69) is 5.32 Å². The molecule has 10 nitrogen and oxygen atoms in total. The molecule has 2 aromatic carbocycles. The first-order chi connectivity index (χ1) is 17.7. The lowest BCUT2D eigenvalue weighted by Crippen LogP contribution is -2.51. The summed E-state index contributed by atoms with van der Waals surface area (Å²) in [5.41, 5.74) is 1.44. The molecule has 0 bridgehead atoms. The van der Waals surface area contributed by atoms with Gasteiger partial charge in [0, 0.05) is 26.2 Å². The molecule has 200 valence electrons. The molecule has 0 aliphatic carbocycles. The number of amides is 3. The fourth-order valence-corrected chi connectivity index (χ4v) is 4.26. The zero-order chi connectivity index (χ0) is 26.9. The van der Waals surface area contributed by atoms with Crippen LogP contribution in [0.5, 0.6) is 17.2 Å². The fraction of sp³-hybridized carbons (Fsp3) is 0.444. The highest BCUT2D eigenvalue weighted by Crippen LogP contribution is 2.36. The number of carboxylic acids is 1. The largest absolute Gasteiger partial charge is 0.496 e. The number of fused-ring (bicyclic) bond motifs is 1. The van der Waals surface area contributed by atoms with E-state index in [4.69, 9.17) is 14.2 Å². The van der Waals surface area contributed by atoms with E-state index < -0.39 is 24.1 Å².